The van der Waals surface area contributed by atoms with Gasteiger partial charge in [0, 0.05) is 0 Å². The van der Waals surface area contributed by atoms with Crippen molar-refractivity contribution in [2.75, 3.05) is 0 Å². The van der Waals surface area contributed by atoms with Crippen LogP contribution in [0.3, 0.4) is 0 Å². The van der Waals surface area contributed by atoms with Crippen molar-refractivity contribution in [1.29, 1.82) is 0 Å². The molecule has 9 nitrogen and oxygen atoms in total. The first-order valence-corrected chi connectivity index (χ1v) is 11.8. The number of esters is 2. The molecule has 36 heavy (non-hydrogen) atoms. The third kappa shape index (κ3) is 4.22. The molecular formula is C27H26N4O5. The van der Waals surface area contributed by atoms with Gasteiger partial charge in [0.05, 0.1) is 23.1 Å². The van der Waals surface area contributed by atoms with Gasteiger partial charge in [0.2, 0.25) is 0 Å². The highest BCUT2D eigenvalue weighted by molar-refractivity contribution is 5.90. The Balaban J connectivity index is 1.56. The summed E-state index contributed by atoms with van der Waals surface area (Å²) >= 11 is 0. The van der Waals surface area contributed by atoms with Crippen molar-refractivity contribution in [2.45, 2.75) is 51.2 Å². The lowest BCUT2D eigenvalue weighted by atomic mass is 9.94. The third-order valence-corrected chi connectivity index (χ3v) is 6.59. The Morgan fingerprint density at radius 3 is 2.17 bits per heavy atom. The number of aryl methyl sites for hydroxylation is 1. The van der Waals surface area contributed by atoms with E-state index in [0.29, 0.717) is 34.4 Å². The fourth-order valence-electron chi connectivity index (χ4n) is 4.40. The van der Waals surface area contributed by atoms with Gasteiger partial charge in [-0.25, -0.2) is 24.5 Å². The summed E-state index contributed by atoms with van der Waals surface area (Å²) in [6.45, 7) is 5.61. The van der Waals surface area contributed by atoms with Crippen LogP contribution in [0.15, 0.2) is 73.3 Å². The zero-order valence-corrected chi connectivity index (χ0v) is 20.2. The summed E-state index contributed by atoms with van der Waals surface area (Å²) in [6.07, 6.45) is 0.822. The number of hydrogen-bond acceptors (Lipinski definition) is 8. The van der Waals surface area contributed by atoms with Gasteiger partial charge in [-0.3, -0.25) is 4.57 Å². The lowest BCUT2D eigenvalue weighted by molar-refractivity contribution is -0.0964. The topological polar surface area (TPSA) is 105 Å². The first-order chi connectivity index (χ1) is 17.4. The van der Waals surface area contributed by atoms with Crippen LogP contribution in [-0.2, 0) is 14.2 Å². The molecule has 4 atom stereocenters. The van der Waals surface area contributed by atoms with E-state index in [0.717, 1.165) is 0 Å². The molecule has 5 rings (SSSR count). The molecule has 2 aromatic carbocycles. The zero-order valence-electron chi connectivity index (χ0n) is 20.2. The minimum absolute atomic E-state index is 0.378. The molecule has 0 N–H and O–H groups in total. The van der Waals surface area contributed by atoms with Gasteiger partial charge >= 0.3 is 11.9 Å². The van der Waals surface area contributed by atoms with Gasteiger partial charge in [0.15, 0.2) is 24.1 Å². The van der Waals surface area contributed by atoms with Crippen LogP contribution in [0.1, 0.15) is 52.9 Å². The third-order valence-electron chi connectivity index (χ3n) is 6.59. The Morgan fingerprint density at radius 1 is 0.944 bits per heavy atom. The van der Waals surface area contributed by atoms with Crippen LogP contribution in [0, 0.1) is 6.92 Å². The predicted molar refractivity (Wildman–Crippen MR) is 130 cm³/mol. The average molecular weight is 487 g/mol. The van der Waals surface area contributed by atoms with Crippen molar-refractivity contribution in [1.82, 2.24) is 19.5 Å². The second-order valence-corrected chi connectivity index (χ2v) is 8.89. The van der Waals surface area contributed by atoms with Gasteiger partial charge in [-0.1, -0.05) is 43.3 Å². The number of imidazole rings is 1. The van der Waals surface area contributed by atoms with E-state index >= 15 is 0 Å². The maximum atomic E-state index is 13.2. The van der Waals surface area contributed by atoms with Gasteiger partial charge < -0.3 is 14.2 Å². The molecule has 9 heteroatoms. The fourth-order valence-corrected chi connectivity index (χ4v) is 4.40. The van der Waals surface area contributed by atoms with Crippen LogP contribution in [0.4, 0.5) is 0 Å². The number of fused-ring (bicyclic) bond motifs is 1. The van der Waals surface area contributed by atoms with Crippen LogP contribution >= 0.6 is 0 Å². The van der Waals surface area contributed by atoms with Crippen molar-refractivity contribution in [3.05, 3.63) is 90.1 Å². The lowest BCUT2D eigenvalue weighted by Gasteiger charge is -2.30. The average Bonchev–Trinajstić information content (AvgIpc) is 3.46. The minimum Gasteiger partial charge on any atom is -0.452 e. The first kappa shape index (κ1) is 23.6. The van der Waals surface area contributed by atoms with E-state index in [1.54, 1.807) is 59.4 Å². The summed E-state index contributed by atoms with van der Waals surface area (Å²) in [5, 5.41) is 0. The van der Waals surface area contributed by atoms with Crippen molar-refractivity contribution in [2.24, 2.45) is 0 Å². The van der Waals surface area contributed by atoms with E-state index in [-0.39, 0.29) is 0 Å². The van der Waals surface area contributed by atoms with Gasteiger partial charge in [-0.05, 0) is 44.5 Å². The Hall–Kier alpha value is -4.11. The van der Waals surface area contributed by atoms with Crippen molar-refractivity contribution < 1.29 is 23.8 Å². The molecule has 1 fully saturated rings. The van der Waals surface area contributed by atoms with E-state index in [2.05, 4.69) is 15.0 Å². The molecular weight excluding hydrogens is 460 g/mol. The monoisotopic (exact) mass is 486 g/mol. The zero-order chi connectivity index (χ0) is 25.3. The number of benzene rings is 2. The number of aromatic nitrogens is 4. The van der Waals surface area contributed by atoms with Gasteiger partial charge in [0.25, 0.3) is 0 Å². The van der Waals surface area contributed by atoms with Gasteiger partial charge in [-0.15, -0.1) is 0 Å². The largest absolute Gasteiger partial charge is 0.452 e. The van der Waals surface area contributed by atoms with Gasteiger partial charge in [0.1, 0.15) is 17.4 Å². The molecule has 0 radical (unpaired) electrons. The molecule has 0 aliphatic carbocycles. The Bertz CT molecular complexity index is 1390. The van der Waals surface area contributed by atoms with Crippen LogP contribution < -0.4 is 0 Å². The Labute approximate surface area is 208 Å². The highest BCUT2D eigenvalue weighted by atomic mass is 16.7. The number of carbonyl (C=O) groups is 2. The van der Waals surface area contributed by atoms with E-state index in [1.807, 2.05) is 32.9 Å². The Morgan fingerprint density at radius 2 is 1.56 bits per heavy atom. The number of hydrogen-bond donors (Lipinski definition) is 0. The maximum Gasteiger partial charge on any atom is 0.338 e. The van der Waals surface area contributed by atoms with Crippen LogP contribution in [0.2, 0.25) is 0 Å². The van der Waals surface area contributed by atoms with Crippen LogP contribution in [0.25, 0.3) is 11.2 Å². The SMILES string of the molecule is CC[C@@]1(C)O[C@@H](n2cnc3c(C)ncnc32)[C@@H](OC(=O)c2ccccc2)C1OC(=O)c1ccccc1. The highest BCUT2D eigenvalue weighted by Gasteiger charge is 2.57. The van der Waals surface area contributed by atoms with Crippen molar-refractivity contribution >= 4 is 23.1 Å². The predicted octanol–water partition coefficient (Wildman–Crippen LogP) is 4.28. The summed E-state index contributed by atoms with van der Waals surface area (Å²) in [5.41, 5.74) is 1.67. The normalized spacial score (nSPS) is 23.5. The molecule has 0 amide bonds. The van der Waals surface area contributed by atoms with Gasteiger partial charge in [-0.2, -0.15) is 0 Å². The number of nitrogens with zero attached hydrogens (tertiary/aromatic N) is 4. The molecule has 4 aromatic rings. The summed E-state index contributed by atoms with van der Waals surface area (Å²) in [5.74, 6) is -1.08. The number of ether oxygens (including phenoxy) is 3. The maximum absolute atomic E-state index is 13.2. The van der Waals surface area contributed by atoms with Crippen molar-refractivity contribution in [3.8, 4) is 0 Å². The second-order valence-electron chi connectivity index (χ2n) is 8.89. The molecule has 1 aliphatic rings. The Kier molecular flexibility index (Phi) is 6.24. The van der Waals surface area contributed by atoms with E-state index < -0.39 is 36.0 Å². The molecule has 1 aliphatic heterocycles. The fraction of sp³-hybridized carbons (Fsp3) is 0.296. The molecule has 0 saturated carbocycles. The number of carbonyl (C=O) groups excluding carboxylic acids is 2. The molecule has 0 bridgehead atoms. The number of rotatable bonds is 6. The lowest BCUT2D eigenvalue weighted by Crippen LogP contribution is -2.45. The van der Waals surface area contributed by atoms with Crippen LogP contribution in [-0.4, -0.2) is 49.3 Å². The quantitative estimate of drug-likeness (QED) is 0.372. The second kappa shape index (κ2) is 9.50. The summed E-state index contributed by atoms with van der Waals surface area (Å²) in [6, 6.07) is 17.3. The smallest absolute Gasteiger partial charge is 0.338 e. The summed E-state index contributed by atoms with van der Waals surface area (Å²) < 4.78 is 20.2. The molecule has 184 valence electrons. The minimum atomic E-state index is -0.969. The van der Waals surface area contributed by atoms with E-state index in [4.69, 9.17) is 14.2 Å². The van der Waals surface area contributed by atoms with E-state index in [9.17, 15) is 9.59 Å². The molecule has 3 heterocycles. The first-order valence-electron chi connectivity index (χ1n) is 11.8. The molecule has 0 spiro atoms. The standard InChI is InChI=1S/C27H26N4O5/c1-4-27(3)22(35-26(33)19-13-9-6-10-14-19)21(34-25(32)18-11-7-5-8-12-18)24(36-27)31-16-30-20-17(2)28-15-29-23(20)31/h5-16,21-22,24H,4H2,1-3H3/t21-,22?,24+,27+/m0/s1. The van der Waals surface area contributed by atoms with Crippen LogP contribution in [0.5, 0.6) is 0 Å². The summed E-state index contributed by atoms with van der Waals surface area (Å²) in [7, 11) is 0. The summed E-state index contributed by atoms with van der Waals surface area (Å²) in [4.78, 5) is 39.3. The molecule has 1 saturated heterocycles. The molecule has 1 unspecified atom stereocenters. The molecule has 2 aromatic heterocycles. The van der Waals surface area contributed by atoms with Crippen molar-refractivity contribution in [3.63, 3.8) is 0 Å². The highest BCUT2D eigenvalue weighted by Crippen LogP contribution is 2.44. The van der Waals surface area contributed by atoms with E-state index in [1.165, 1.54) is 6.33 Å².